The second kappa shape index (κ2) is 5.74. The van der Waals surface area contributed by atoms with Crippen molar-refractivity contribution in [2.75, 3.05) is 26.2 Å². The van der Waals surface area contributed by atoms with Gasteiger partial charge in [-0.3, -0.25) is 4.90 Å². The Bertz CT molecular complexity index is 474. The van der Waals surface area contributed by atoms with Gasteiger partial charge < -0.3 is 10.1 Å². The van der Waals surface area contributed by atoms with Crippen LogP contribution in [0.3, 0.4) is 0 Å². The topological polar surface area (TPSA) is 24.5 Å². The Morgan fingerprint density at radius 1 is 1.40 bits per heavy atom. The van der Waals surface area contributed by atoms with Crippen molar-refractivity contribution >= 4 is 0 Å². The molecular formula is C17H26N2O. The van der Waals surface area contributed by atoms with E-state index < -0.39 is 0 Å². The molecule has 3 heteroatoms. The number of hydrogen-bond donors (Lipinski definition) is 1. The number of nitrogens with zero attached hydrogens (tertiary/aromatic N) is 1. The molecule has 1 N–H and O–H groups in total. The predicted molar refractivity (Wildman–Crippen MR) is 82.2 cm³/mol. The van der Waals surface area contributed by atoms with Crippen LogP contribution in [0.4, 0.5) is 0 Å². The van der Waals surface area contributed by atoms with Crippen LogP contribution < -0.4 is 10.1 Å². The van der Waals surface area contributed by atoms with Crippen molar-refractivity contribution in [1.82, 2.24) is 10.2 Å². The van der Waals surface area contributed by atoms with Crippen LogP contribution in [0.5, 0.6) is 5.75 Å². The number of fused-ring (bicyclic) bond motifs is 1. The molecule has 3 nitrogen and oxygen atoms in total. The zero-order chi connectivity index (χ0) is 14.0. The van der Waals surface area contributed by atoms with E-state index in [9.17, 15) is 0 Å². The van der Waals surface area contributed by atoms with Gasteiger partial charge in [0.1, 0.15) is 11.4 Å². The van der Waals surface area contributed by atoms with Gasteiger partial charge >= 0.3 is 0 Å². The first-order chi connectivity index (χ1) is 9.70. The van der Waals surface area contributed by atoms with Crippen LogP contribution in [0.15, 0.2) is 18.2 Å². The van der Waals surface area contributed by atoms with E-state index in [0.29, 0.717) is 0 Å². The molecule has 0 amide bonds. The Balaban J connectivity index is 1.80. The molecule has 0 radical (unpaired) electrons. The number of ether oxygens (including phenoxy) is 1. The van der Waals surface area contributed by atoms with Gasteiger partial charge in [0.15, 0.2) is 0 Å². The van der Waals surface area contributed by atoms with E-state index in [1.54, 1.807) is 0 Å². The fourth-order valence-electron chi connectivity index (χ4n) is 3.52. The number of likely N-dealkylation sites (tertiary alicyclic amines) is 1. The number of likely N-dealkylation sites (N-methyl/N-ethyl adjacent to an activating group) is 1. The molecule has 1 fully saturated rings. The molecule has 0 saturated carbocycles. The van der Waals surface area contributed by atoms with E-state index in [1.165, 1.54) is 24.1 Å². The number of hydrogen-bond acceptors (Lipinski definition) is 3. The lowest BCUT2D eigenvalue weighted by Gasteiger charge is -2.41. The first-order valence-electron chi connectivity index (χ1n) is 7.93. The number of nitrogens with one attached hydrogen (secondary N) is 1. The summed E-state index contributed by atoms with van der Waals surface area (Å²) < 4.78 is 6.50. The highest BCUT2D eigenvalue weighted by atomic mass is 16.5. The van der Waals surface area contributed by atoms with E-state index in [4.69, 9.17) is 4.74 Å². The van der Waals surface area contributed by atoms with Gasteiger partial charge in [0.05, 0.1) is 0 Å². The van der Waals surface area contributed by atoms with Gasteiger partial charge in [0.2, 0.25) is 0 Å². The first kappa shape index (κ1) is 13.9. The lowest BCUT2D eigenvalue weighted by molar-refractivity contribution is 0.00706. The third kappa shape index (κ3) is 2.84. The highest BCUT2D eigenvalue weighted by Gasteiger charge is 2.33. The normalized spacial score (nSPS) is 27.1. The second-order valence-corrected chi connectivity index (χ2v) is 6.34. The van der Waals surface area contributed by atoms with Gasteiger partial charge in [-0.05, 0) is 63.0 Å². The fraction of sp³-hybridized carbons (Fsp3) is 0.647. The summed E-state index contributed by atoms with van der Waals surface area (Å²) in [5.41, 5.74) is 2.79. The Hall–Kier alpha value is -1.06. The van der Waals surface area contributed by atoms with E-state index >= 15 is 0 Å². The lowest BCUT2D eigenvalue weighted by atomic mass is 9.93. The number of piperidine rings is 1. The summed E-state index contributed by atoms with van der Waals surface area (Å²) in [6.45, 7) is 9.93. The van der Waals surface area contributed by atoms with Gasteiger partial charge in [-0.1, -0.05) is 19.1 Å². The molecule has 1 aromatic carbocycles. The molecular weight excluding hydrogens is 248 g/mol. The molecule has 1 atom stereocenters. The average molecular weight is 274 g/mol. The first-order valence-corrected chi connectivity index (χ1v) is 7.93. The molecule has 2 aliphatic rings. The third-order valence-electron chi connectivity index (χ3n) is 4.64. The Kier molecular flexibility index (Phi) is 3.99. The Morgan fingerprint density at radius 2 is 2.30 bits per heavy atom. The molecule has 110 valence electrons. The van der Waals surface area contributed by atoms with Crippen LogP contribution in [-0.4, -0.2) is 36.7 Å². The van der Waals surface area contributed by atoms with Crippen molar-refractivity contribution < 1.29 is 4.74 Å². The van der Waals surface area contributed by atoms with E-state index in [0.717, 1.165) is 44.8 Å². The van der Waals surface area contributed by atoms with Crippen LogP contribution in [0.25, 0.3) is 0 Å². The van der Waals surface area contributed by atoms with Crippen LogP contribution in [0, 0.1) is 0 Å². The maximum atomic E-state index is 6.50. The summed E-state index contributed by atoms with van der Waals surface area (Å²) in [5, 5.41) is 3.43. The van der Waals surface area contributed by atoms with Gasteiger partial charge in [0.25, 0.3) is 0 Å². The van der Waals surface area contributed by atoms with Crippen molar-refractivity contribution in [2.45, 2.75) is 45.3 Å². The third-order valence-corrected chi connectivity index (χ3v) is 4.64. The minimum atomic E-state index is -0.0335. The van der Waals surface area contributed by atoms with Crippen LogP contribution >= 0.6 is 0 Å². The SMILES string of the molecule is CCN1CCCC(C)(Oc2cccc3c2CCNC3)C1. The van der Waals surface area contributed by atoms with Crippen molar-refractivity contribution in [2.24, 2.45) is 0 Å². The smallest absolute Gasteiger partial charge is 0.123 e. The van der Waals surface area contributed by atoms with Crippen LogP contribution in [-0.2, 0) is 13.0 Å². The van der Waals surface area contributed by atoms with Crippen molar-refractivity contribution in [3.8, 4) is 5.75 Å². The number of rotatable bonds is 3. The van der Waals surface area contributed by atoms with Crippen molar-refractivity contribution in [3.63, 3.8) is 0 Å². The summed E-state index contributed by atoms with van der Waals surface area (Å²) in [4.78, 5) is 2.50. The largest absolute Gasteiger partial charge is 0.486 e. The molecule has 1 saturated heterocycles. The van der Waals surface area contributed by atoms with Crippen molar-refractivity contribution in [1.29, 1.82) is 0 Å². The number of benzene rings is 1. The predicted octanol–water partition coefficient (Wildman–Crippen LogP) is 2.59. The quantitative estimate of drug-likeness (QED) is 0.917. The molecule has 0 aromatic heterocycles. The maximum Gasteiger partial charge on any atom is 0.123 e. The van der Waals surface area contributed by atoms with Gasteiger partial charge in [-0.2, -0.15) is 0 Å². The fourth-order valence-corrected chi connectivity index (χ4v) is 3.52. The van der Waals surface area contributed by atoms with Crippen molar-refractivity contribution in [3.05, 3.63) is 29.3 Å². The van der Waals surface area contributed by atoms with E-state index in [1.807, 2.05) is 0 Å². The van der Waals surface area contributed by atoms with E-state index in [-0.39, 0.29) is 5.60 Å². The van der Waals surface area contributed by atoms with Gasteiger partial charge in [-0.15, -0.1) is 0 Å². The molecule has 0 bridgehead atoms. The molecule has 20 heavy (non-hydrogen) atoms. The average Bonchev–Trinajstić information content (AvgIpc) is 2.47. The summed E-state index contributed by atoms with van der Waals surface area (Å²) in [6.07, 6.45) is 3.48. The molecule has 1 unspecified atom stereocenters. The molecule has 3 rings (SSSR count). The molecule has 0 spiro atoms. The summed E-state index contributed by atoms with van der Waals surface area (Å²) in [5.74, 6) is 1.12. The zero-order valence-electron chi connectivity index (χ0n) is 12.7. The Labute approximate surface area is 122 Å². The lowest BCUT2D eigenvalue weighted by Crippen LogP contribution is -2.49. The highest BCUT2D eigenvalue weighted by molar-refractivity contribution is 5.42. The maximum absolute atomic E-state index is 6.50. The minimum absolute atomic E-state index is 0.0335. The molecule has 2 aliphatic heterocycles. The second-order valence-electron chi connectivity index (χ2n) is 6.34. The standard InChI is InChI=1S/C17H26N2O/c1-3-19-11-5-9-17(2,13-19)20-16-7-4-6-14-12-18-10-8-15(14)16/h4,6-7,18H,3,5,8-13H2,1-2H3. The summed E-state index contributed by atoms with van der Waals surface area (Å²) >= 11 is 0. The molecule has 0 aliphatic carbocycles. The summed E-state index contributed by atoms with van der Waals surface area (Å²) in [7, 11) is 0. The van der Waals surface area contributed by atoms with Gasteiger partial charge in [-0.25, -0.2) is 0 Å². The van der Waals surface area contributed by atoms with Gasteiger partial charge in [0, 0.05) is 13.1 Å². The highest BCUT2D eigenvalue weighted by Crippen LogP contribution is 2.32. The molecule has 1 aromatic rings. The monoisotopic (exact) mass is 274 g/mol. The Morgan fingerprint density at radius 3 is 3.15 bits per heavy atom. The minimum Gasteiger partial charge on any atom is -0.486 e. The summed E-state index contributed by atoms with van der Waals surface area (Å²) in [6, 6.07) is 6.50. The van der Waals surface area contributed by atoms with Crippen LogP contribution in [0.2, 0.25) is 0 Å². The molecule has 2 heterocycles. The van der Waals surface area contributed by atoms with Crippen LogP contribution in [0.1, 0.15) is 37.8 Å². The van der Waals surface area contributed by atoms with E-state index in [2.05, 4.69) is 42.3 Å². The zero-order valence-corrected chi connectivity index (χ0v) is 12.7.